The van der Waals surface area contributed by atoms with Crippen molar-refractivity contribution in [3.8, 4) is 0 Å². The monoisotopic (exact) mass is 294 g/mol. The van der Waals surface area contributed by atoms with E-state index in [2.05, 4.69) is 30.1 Å². The summed E-state index contributed by atoms with van der Waals surface area (Å²) in [6.07, 6.45) is 3.53. The number of ether oxygens (including phenoxy) is 1. The number of benzene rings is 1. The Morgan fingerprint density at radius 3 is 2.95 bits per heavy atom. The lowest BCUT2D eigenvalue weighted by molar-refractivity contribution is 0.0440. The van der Waals surface area contributed by atoms with Crippen molar-refractivity contribution in [2.75, 3.05) is 31.1 Å². The van der Waals surface area contributed by atoms with Crippen molar-refractivity contribution in [3.05, 3.63) is 29.6 Å². The standard InChI is InChI=1S/C17H27FN2O/c1-3-8-21-17-6-5-7-20(13-17)16-10-14(12-19-4-2)9-15(18)11-16/h9-11,17,19H,3-8,12-13H2,1-2H3. The van der Waals surface area contributed by atoms with Crippen molar-refractivity contribution >= 4 is 5.69 Å². The quantitative estimate of drug-likeness (QED) is 0.835. The first-order valence-corrected chi connectivity index (χ1v) is 8.09. The van der Waals surface area contributed by atoms with Crippen LogP contribution in [0.1, 0.15) is 38.7 Å². The van der Waals surface area contributed by atoms with E-state index in [1.165, 1.54) is 0 Å². The first kappa shape index (κ1) is 16.2. The van der Waals surface area contributed by atoms with E-state index in [0.29, 0.717) is 6.54 Å². The van der Waals surface area contributed by atoms with Gasteiger partial charge in [-0.1, -0.05) is 13.8 Å². The Hall–Kier alpha value is -1.13. The van der Waals surface area contributed by atoms with Gasteiger partial charge in [-0.25, -0.2) is 4.39 Å². The molecule has 118 valence electrons. The molecule has 1 aliphatic heterocycles. The summed E-state index contributed by atoms with van der Waals surface area (Å²) in [7, 11) is 0. The van der Waals surface area contributed by atoms with Gasteiger partial charge in [-0.15, -0.1) is 0 Å². The van der Waals surface area contributed by atoms with Crippen LogP contribution in [0.3, 0.4) is 0 Å². The van der Waals surface area contributed by atoms with E-state index in [0.717, 1.165) is 56.8 Å². The Bertz CT molecular complexity index is 439. The van der Waals surface area contributed by atoms with Crippen LogP contribution in [0.25, 0.3) is 0 Å². The van der Waals surface area contributed by atoms with Gasteiger partial charge in [-0.2, -0.15) is 0 Å². The summed E-state index contributed by atoms with van der Waals surface area (Å²) in [5, 5.41) is 3.25. The molecule has 2 rings (SSSR count). The van der Waals surface area contributed by atoms with E-state index in [-0.39, 0.29) is 11.9 Å². The molecular weight excluding hydrogens is 267 g/mol. The molecule has 1 N–H and O–H groups in total. The van der Waals surface area contributed by atoms with Crippen LogP contribution >= 0.6 is 0 Å². The molecule has 0 aliphatic carbocycles. The molecule has 0 amide bonds. The zero-order chi connectivity index (χ0) is 15.1. The van der Waals surface area contributed by atoms with Crippen LogP contribution in [0.2, 0.25) is 0 Å². The highest BCUT2D eigenvalue weighted by Gasteiger charge is 2.21. The van der Waals surface area contributed by atoms with Crippen molar-refractivity contribution < 1.29 is 9.13 Å². The van der Waals surface area contributed by atoms with Crippen LogP contribution in [-0.4, -0.2) is 32.3 Å². The van der Waals surface area contributed by atoms with Crippen LogP contribution in [0.4, 0.5) is 10.1 Å². The van der Waals surface area contributed by atoms with E-state index < -0.39 is 0 Å². The van der Waals surface area contributed by atoms with E-state index in [9.17, 15) is 4.39 Å². The van der Waals surface area contributed by atoms with Gasteiger partial charge >= 0.3 is 0 Å². The van der Waals surface area contributed by atoms with Gasteiger partial charge in [0.2, 0.25) is 0 Å². The van der Waals surface area contributed by atoms with Crippen molar-refractivity contribution in [1.82, 2.24) is 5.32 Å². The minimum Gasteiger partial charge on any atom is -0.376 e. The molecule has 1 saturated heterocycles. The average molecular weight is 294 g/mol. The average Bonchev–Trinajstić information content (AvgIpc) is 2.50. The number of rotatable bonds is 7. The second kappa shape index (κ2) is 8.35. The van der Waals surface area contributed by atoms with Gasteiger partial charge in [0.25, 0.3) is 0 Å². The molecule has 1 aliphatic rings. The molecular formula is C17H27FN2O. The molecule has 1 aromatic rings. The number of anilines is 1. The lowest BCUT2D eigenvalue weighted by atomic mass is 10.1. The molecule has 4 heteroatoms. The Kier molecular flexibility index (Phi) is 6.46. The van der Waals surface area contributed by atoms with Crippen LogP contribution in [0.15, 0.2) is 18.2 Å². The third-order valence-electron chi connectivity index (χ3n) is 3.82. The lowest BCUT2D eigenvalue weighted by Gasteiger charge is -2.34. The minimum absolute atomic E-state index is 0.156. The molecule has 1 unspecified atom stereocenters. The number of nitrogens with zero attached hydrogens (tertiary/aromatic N) is 1. The molecule has 3 nitrogen and oxygen atoms in total. The molecule has 0 aromatic heterocycles. The Morgan fingerprint density at radius 2 is 2.19 bits per heavy atom. The van der Waals surface area contributed by atoms with E-state index in [1.54, 1.807) is 12.1 Å². The van der Waals surface area contributed by atoms with Crippen molar-refractivity contribution in [3.63, 3.8) is 0 Å². The lowest BCUT2D eigenvalue weighted by Crippen LogP contribution is -2.40. The Morgan fingerprint density at radius 1 is 1.33 bits per heavy atom. The fourth-order valence-corrected chi connectivity index (χ4v) is 2.78. The normalized spacial score (nSPS) is 19.0. The number of nitrogens with one attached hydrogen (secondary N) is 1. The summed E-state index contributed by atoms with van der Waals surface area (Å²) >= 11 is 0. The molecule has 0 radical (unpaired) electrons. The van der Waals surface area contributed by atoms with Crippen molar-refractivity contribution in [2.45, 2.75) is 45.8 Å². The zero-order valence-corrected chi connectivity index (χ0v) is 13.2. The molecule has 21 heavy (non-hydrogen) atoms. The van der Waals surface area contributed by atoms with Crippen LogP contribution in [-0.2, 0) is 11.3 Å². The molecule has 0 spiro atoms. The number of hydrogen-bond donors (Lipinski definition) is 1. The highest BCUT2D eigenvalue weighted by atomic mass is 19.1. The topological polar surface area (TPSA) is 24.5 Å². The summed E-state index contributed by atoms with van der Waals surface area (Å²) in [6, 6.07) is 5.34. The summed E-state index contributed by atoms with van der Waals surface area (Å²) in [6.45, 7) is 8.45. The summed E-state index contributed by atoms with van der Waals surface area (Å²) in [5.74, 6) is -0.156. The summed E-state index contributed by atoms with van der Waals surface area (Å²) in [5.41, 5.74) is 1.98. The molecule has 1 heterocycles. The van der Waals surface area contributed by atoms with Crippen LogP contribution in [0, 0.1) is 5.82 Å². The van der Waals surface area contributed by atoms with Crippen molar-refractivity contribution in [1.29, 1.82) is 0 Å². The second-order valence-electron chi connectivity index (χ2n) is 5.68. The summed E-state index contributed by atoms with van der Waals surface area (Å²) in [4.78, 5) is 2.25. The van der Waals surface area contributed by atoms with Gasteiger partial charge in [0.15, 0.2) is 0 Å². The largest absolute Gasteiger partial charge is 0.376 e. The predicted octanol–water partition coefficient (Wildman–Crippen LogP) is 3.33. The van der Waals surface area contributed by atoms with Gasteiger partial charge in [-0.05, 0) is 49.6 Å². The molecule has 0 saturated carbocycles. The highest BCUT2D eigenvalue weighted by Crippen LogP contribution is 2.24. The summed E-state index contributed by atoms with van der Waals surface area (Å²) < 4.78 is 19.7. The second-order valence-corrected chi connectivity index (χ2v) is 5.68. The van der Waals surface area contributed by atoms with Gasteiger partial charge in [0, 0.05) is 31.9 Å². The molecule has 1 fully saturated rings. The van der Waals surface area contributed by atoms with Crippen LogP contribution < -0.4 is 10.2 Å². The SMILES string of the molecule is CCCOC1CCCN(c2cc(F)cc(CNCC)c2)C1. The molecule has 1 aromatic carbocycles. The predicted molar refractivity (Wildman–Crippen MR) is 85.3 cm³/mol. The molecule has 0 bridgehead atoms. The minimum atomic E-state index is -0.156. The number of halogens is 1. The Balaban J connectivity index is 2.03. The third kappa shape index (κ3) is 4.97. The van der Waals surface area contributed by atoms with Gasteiger partial charge in [0.05, 0.1) is 6.10 Å². The fourth-order valence-electron chi connectivity index (χ4n) is 2.78. The zero-order valence-electron chi connectivity index (χ0n) is 13.2. The maximum atomic E-state index is 13.8. The maximum Gasteiger partial charge on any atom is 0.125 e. The Labute approximate surface area is 127 Å². The van der Waals surface area contributed by atoms with Gasteiger partial charge in [0.1, 0.15) is 5.82 Å². The van der Waals surface area contributed by atoms with Gasteiger partial charge in [-0.3, -0.25) is 0 Å². The number of piperidine rings is 1. The smallest absolute Gasteiger partial charge is 0.125 e. The highest BCUT2D eigenvalue weighted by molar-refractivity contribution is 5.49. The number of hydrogen-bond acceptors (Lipinski definition) is 3. The van der Waals surface area contributed by atoms with Gasteiger partial charge < -0.3 is 15.0 Å². The molecule has 1 atom stereocenters. The first-order chi connectivity index (χ1) is 10.2. The first-order valence-electron chi connectivity index (χ1n) is 8.09. The third-order valence-corrected chi connectivity index (χ3v) is 3.82. The van der Waals surface area contributed by atoms with Crippen molar-refractivity contribution in [2.24, 2.45) is 0 Å². The van der Waals surface area contributed by atoms with E-state index in [4.69, 9.17) is 4.74 Å². The van der Waals surface area contributed by atoms with Crippen LogP contribution in [0.5, 0.6) is 0 Å². The van der Waals surface area contributed by atoms with E-state index in [1.807, 2.05) is 0 Å². The van der Waals surface area contributed by atoms with E-state index >= 15 is 0 Å². The fraction of sp³-hybridized carbons (Fsp3) is 0.647. The maximum absolute atomic E-state index is 13.8.